The molecule has 11 heteroatoms. The maximum Gasteiger partial charge on any atom is 0.264 e. The molecular weight excluding hydrogens is 463 g/mol. The number of anilines is 2. The first-order valence-corrected chi connectivity index (χ1v) is 11.4. The van der Waals surface area contributed by atoms with Crippen molar-refractivity contribution in [2.75, 3.05) is 16.6 Å². The summed E-state index contributed by atoms with van der Waals surface area (Å²) in [6, 6.07) is 10.1. The topological polar surface area (TPSA) is 110 Å². The van der Waals surface area contributed by atoms with E-state index in [0.29, 0.717) is 18.0 Å². The molecule has 0 spiro atoms. The second-order valence-corrected chi connectivity index (χ2v) is 8.77. The molecule has 0 atom stereocenters. The minimum absolute atomic E-state index is 0.0125. The number of aromatic nitrogens is 2. The van der Waals surface area contributed by atoms with Gasteiger partial charge in [-0.15, -0.1) is 0 Å². The number of halogens is 2. The Kier molecular flexibility index (Phi) is 7.32. The van der Waals surface area contributed by atoms with E-state index < -0.39 is 15.9 Å². The van der Waals surface area contributed by atoms with E-state index in [-0.39, 0.29) is 26.5 Å². The molecule has 31 heavy (non-hydrogen) atoms. The fourth-order valence-corrected chi connectivity index (χ4v) is 4.04. The van der Waals surface area contributed by atoms with Crippen LogP contribution in [0.2, 0.25) is 10.0 Å². The quantitative estimate of drug-likeness (QED) is 0.486. The molecule has 162 valence electrons. The number of benzene rings is 2. The van der Waals surface area contributed by atoms with Gasteiger partial charge < -0.3 is 10.1 Å². The fraction of sp³-hybridized carbons (Fsp3) is 0.150. The smallest absolute Gasteiger partial charge is 0.264 e. The van der Waals surface area contributed by atoms with Gasteiger partial charge in [-0.05, 0) is 48.9 Å². The normalized spacial score (nSPS) is 11.1. The SMILES string of the molecule is CCCOc1c(Cl)cc(C(=O)Nc2ccc(S(=O)(=O)Nc3ncccn3)cc2)cc1Cl. The number of nitrogens with zero attached hydrogens (tertiary/aromatic N) is 2. The number of hydrogen-bond donors (Lipinski definition) is 2. The van der Waals surface area contributed by atoms with E-state index >= 15 is 0 Å². The van der Waals surface area contributed by atoms with Crippen LogP contribution >= 0.6 is 23.2 Å². The van der Waals surface area contributed by atoms with Gasteiger partial charge in [-0.3, -0.25) is 4.79 Å². The molecule has 2 aromatic carbocycles. The van der Waals surface area contributed by atoms with E-state index in [1.807, 2.05) is 6.92 Å². The van der Waals surface area contributed by atoms with Gasteiger partial charge in [-0.2, -0.15) is 0 Å². The molecule has 0 radical (unpaired) electrons. The van der Waals surface area contributed by atoms with E-state index in [0.717, 1.165) is 6.42 Å². The van der Waals surface area contributed by atoms with Crippen molar-refractivity contribution in [3.8, 4) is 5.75 Å². The molecule has 0 aliphatic carbocycles. The highest BCUT2D eigenvalue weighted by Gasteiger charge is 2.17. The molecule has 1 amide bonds. The average Bonchev–Trinajstić information content (AvgIpc) is 2.74. The lowest BCUT2D eigenvalue weighted by Crippen LogP contribution is -2.15. The first-order chi connectivity index (χ1) is 14.8. The number of amides is 1. The molecule has 2 N–H and O–H groups in total. The van der Waals surface area contributed by atoms with Crippen LogP contribution in [0.4, 0.5) is 11.6 Å². The zero-order valence-electron chi connectivity index (χ0n) is 16.3. The summed E-state index contributed by atoms with van der Waals surface area (Å²) < 4.78 is 32.6. The summed E-state index contributed by atoms with van der Waals surface area (Å²) in [5.74, 6) is -0.177. The molecule has 0 bridgehead atoms. The van der Waals surface area contributed by atoms with Gasteiger partial charge in [0.15, 0.2) is 5.75 Å². The lowest BCUT2D eigenvalue weighted by molar-refractivity contribution is 0.102. The molecule has 0 saturated heterocycles. The van der Waals surface area contributed by atoms with Crippen molar-refractivity contribution in [3.05, 3.63) is 70.5 Å². The number of carbonyl (C=O) groups excluding carboxylic acids is 1. The Bertz CT molecular complexity index is 1150. The molecule has 0 unspecified atom stereocenters. The van der Waals surface area contributed by atoms with Crippen LogP contribution < -0.4 is 14.8 Å². The van der Waals surface area contributed by atoms with E-state index in [9.17, 15) is 13.2 Å². The molecule has 3 aromatic rings. The number of hydrogen-bond acceptors (Lipinski definition) is 6. The van der Waals surface area contributed by atoms with Crippen molar-refractivity contribution in [2.24, 2.45) is 0 Å². The van der Waals surface area contributed by atoms with Crippen LogP contribution in [-0.2, 0) is 10.0 Å². The van der Waals surface area contributed by atoms with E-state index in [4.69, 9.17) is 27.9 Å². The Balaban J connectivity index is 1.71. The molecule has 0 fully saturated rings. The summed E-state index contributed by atoms with van der Waals surface area (Å²) >= 11 is 12.4. The van der Waals surface area contributed by atoms with Crippen LogP contribution in [0, 0.1) is 0 Å². The number of rotatable bonds is 8. The van der Waals surface area contributed by atoms with Gasteiger partial charge >= 0.3 is 0 Å². The Morgan fingerprint density at radius 3 is 2.26 bits per heavy atom. The third-order valence-corrected chi connectivity index (χ3v) is 5.83. The molecule has 3 rings (SSSR count). The zero-order chi connectivity index (χ0) is 22.4. The van der Waals surface area contributed by atoms with Gasteiger partial charge in [0.05, 0.1) is 21.5 Å². The Morgan fingerprint density at radius 1 is 1.06 bits per heavy atom. The van der Waals surface area contributed by atoms with Crippen molar-refractivity contribution >= 4 is 50.8 Å². The standard InChI is InChI=1S/C20H18Cl2N4O4S/c1-2-10-30-18-16(21)11-13(12-17(18)22)19(27)25-14-4-6-15(7-5-14)31(28,29)26-20-23-8-3-9-24-20/h3-9,11-12H,2,10H2,1H3,(H,25,27)(H,23,24,26). The lowest BCUT2D eigenvalue weighted by Gasteiger charge is -2.12. The van der Waals surface area contributed by atoms with Gasteiger partial charge in [-0.25, -0.2) is 23.1 Å². The third kappa shape index (κ3) is 5.84. The Hall–Kier alpha value is -2.88. The van der Waals surface area contributed by atoms with Gasteiger partial charge in [0.25, 0.3) is 15.9 Å². The summed E-state index contributed by atoms with van der Waals surface area (Å²) in [5.41, 5.74) is 0.622. The Labute approximate surface area is 189 Å². The fourth-order valence-electron chi connectivity index (χ4n) is 2.48. The number of nitrogens with one attached hydrogen (secondary N) is 2. The number of carbonyl (C=O) groups is 1. The number of ether oxygens (including phenoxy) is 1. The van der Waals surface area contributed by atoms with E-state index in [1.165, 1.54) is 48.8 Å². The first-order valence-electron chi connectivity index (χ1n) is 9.13. The van der Waals surface area contributed by atoms with Gasteiger partial charge in [0.1, 0.15) is 0 Å². The van der Waals surface area contributed by atoms with Gasteiger partial charge in [0, 0.05) is 23.6 Å². The molecule has 0 saturated carbocycles. The highest BCUT2D eigenvalue weighted by molar-refractivity contribution is 7.92. The highest BCUT2D eigenvalue weighted by Crippen LogP contribution is 2.34. The van der Waals surface area contributed by atoms with Crippen LogP contribution in [0.15, 0.2) is 59.8 Å². The largest absolute Gasteiger partial charge is 0.490 e. The van der Waals surface area contributed by atoms with E-state index in [2.05, 4.69) is 20.0 Å². The van der Waals surface area contributed by atoms with Crippen molar-refractivity contribution < 1.29 is 17.9 Å². The predicted octanol–water partition coefficient (Wildman–Crippen LogP) is 4.63. The van der Waals surface area contributed by atoms with Crippen LogP contribution in [0.5, 0.6) is 5.75 Å². The lowest BCUT2D eigenvalue weighted by atomic mass is 10.2. The predicted molar refractivity (Wildman–Crippen MR) is 119 cm³/mol. The van der Waals surface area contributed by atoms with Crippen LogP contribution in [0.1, 0.15) is 23.7 Å². The van der Waals surface area contributed by atoms with Gasteiger partial charge in [-0.1, -0.05) is 30.1 Å². The molecule has 0 aliphatic heterocycles. The van der Waals surface area contributed by atoms with Crippen molar-refractivity contribution in [1.29, 1.82) is 0 Å². The molecule has 8 nitrogen and oxygen atoms in total. The van der Waals surface area contributed by atoms with Crippen LogP contribution in [0.25, 0.3) is 0 Å². The summed E-state index contributed by atoms with van der Waals surface area (Å²) in [4.78, 5) is 20.2. The second kappa shape index (κ2) is 9.95. The first kappa shape index (κ1) is 22.8. The Morgan fingerprint density at radius 2 is 1.68 bits per heavy atom. The van der Waals surface area contributed by atoms with Gasteiger partial charge in [0.2, 0.25) is 5.95 Å². The third-order valence-electron chi connectivity index (χ3n) is 3.92. The van der Waals surface area contributed by atoms with Crippen LogP contribution in [0.3, 0.4) is 0 Å². The average molecular weight is 481 g/mol. The minimum Gasteiger partial charge on any atom is -0.490 e. The molecule has 0 aliphatic rings. The zero-order valence-corrected chi connectivity index (χ0v) is 18.6. The second-order valence-electron chi connectivity index (χ2n) is 6.27. The highest BCUT2D eigenvalue weighted by atomic mass is 35.5. The monoisotopic (exact) mass is 480 g/mol. The maximum atomic E-state index is 12.6. The summed E-state index contributed by atoms with van der Waals surface area (Å²) in [6.07, 6.45) is 3.63. The van der Waals surface area contributed by atoms with Crippen molar-refractivity contribution in [1.82, 2.24) is 9.97 Å². The minimum atomic E-state index is -3.87. The molecular formula is C20H18Cl2N4O4S. The van der Waals surface area contributed by atoms with Crippen molar-refractivity contribution in [3.63, 3.8) is 0 Å². The summed E-state index contributed by atoms with van der Waals surface area (Å²) in [7, 11) is -3.87. The molecule has 1 heterocycles. The van der Waals surface area contributed by atoms with E-state index in [1.54, 1.807) is 6.07 Å². The number of sulfonamides is 1. The van der Waals surface area contributed by atoms with Crippen molar-refractivity contribution in [2.45, 2.75) is 18.2 Å². The summed E-state index contributed by atoms with van der Waals surface area (Å²) in [5, 5.41) is 3.11. The maximum absolute atomic E-state index is 12.6. The van der Waals surface area contributed by atoms with Crippen LogP contribution in [-0.4, -0.2) is 30.9 Å². The molecule has 1 aromatic heterocycles. The summed E-state index contributed by atoms with van der Waals surface area (Å²) in [6.45, 7) is 2.40.